The van der Waals surface area contributed by atoms with Crippen LogP contribution in [-0.2, 0) is 7.05 Å². The summed E-state index contributed by atoms with van der Waals surface area (Å²) in [5.41, 5.74) is 6.39. The van der Waals surface area contributed by atoms with Crippen molar-refractivity contribution >= 4 is 0 Å². The van der Waals surface area contributed by atoms with E-state index in [1.54, 1.807) is 0 Å². The average molecular weight is 276 g/mol. The van der Waals surface area contributed by atoms with Gasteiger partial charge in [0.25, 0.3) is 0 Å². The molecule has 2 fully saturated rings. The van der Waals surface area contributed by atoms with Crippen LogP contribution in [0.25, 0.3) is 0 Å². The molecule has 1 heterocycles. The average Bonchev–Trinajstić information content (AvgIpc) is 2.72. The second-order valence-corrected chi connectivity index (χ2v) is 6.70. The molecule has 4 nitrogen and oxygen atoms in total. The van der Waals surface area contributed by atoms with E-state index in [1.807, 2.05) is 11.7 Å². The number of hydrogen-bond acceptors (Lipinski definition) is 3. The number of nitrogens with zero attached hydrogens (tertiary/aromatic N) is 3. The Balaban J connectivity index is 1.80. The van der Waals surface area contributed by atoms with Gasteiger partial charge in [0.1, 0.15) is 5.82 Å². The fourth-order valence-corrected chi connectivity index (χ4v) is 3.93. The van der Waals surface area contributed by atoms with E-state index in [0.717, 1.165) is 18.1 Å². The molecule has 1 aromatic heterocycles. The van der Waals surface area contributed by atoms with Crippen LogP contribution in [0.15, 0.2) is 0 Å². The summed E-state index contributed by atoms with van der Waals surface area (Å²) in [6, 6.07) is 0.264. The lowest BCUT2D eigenvalue weighted by atomic mass is 9.89. The fraction of sp³-hybridized carbons (Fsp3) is 0.875. The van der Waals surface area contributed by atoms with Crippen LogP contribution in [-0.4, -0.2) is 20.8 Å². The van der Waals surface area contributed by atoms with Crippen LogP contribution < -0.4 is 5.73 Å². The third kappa shape index (κ3) is 2.90. The predicted molar refractivity (Wildman–Crippen MR) is 80.6 cm³/mol. The molecule has 2 saturated carbocycles. The van der Waals surface area contributed by atoms with Gasteiger partial charge in [0, 0.05) is 24.9 Å². The summed E-state index contributed by atoms with van der Waals surface area (Å²) in [4.78, 5) is 4.92. The Morgan fingerprint density at radius 1 is 0.950 bits per heavy atom. The van der Waals surface area contributed by atoms with Crippen molar-refractivity contribution in [3.63, 3.8) is 0 Å². The van der Waals surface area contributed by atoms with E-state index in [4.69, 9.17) is 15.8 Å². The van der Waals surface area contributed by atoms with Crippen LogP contribution in [0.5, 0.6) is 0 Å². The van der Waals surface area contributed by atoms with Crippen LogP contribution in [0.1, 0.15) is 87.7 Å². The molecule has 0 bridgehead atoms. The van der Waals surface area contributed by atoms with E-state index in [2.05, 4.69) is 0 Å². The van der Waals surface area contributed by atoms with Crippen LogP contribution in [0, 0.1) is 0 Å². The summed E-state index contributed by atoms with van der Waals surface area (Å²) in [5, 5.41) is 4.72. The molecule has 0 aromatic carbocycles. The van der Waals surface area contributed by atoms with Crippen molar-refractivity contribution in [2.24, 2.45) is 12.8 Å². The zero-order chi connectivity index (χ0) is 13.9. The standard InChI is InChI=1S/C16H28N4/c1-20-16(13-10-6-3-7-11-14(13)17)18-15(19-20)12-8-4-2-5-9-12/h12-14H,2-11,17H2,1H3. The molecular formula is C16H28N4. The van der Waals surface area contributed by atoms with Crippen molar-refractivity contribution in [3.05, 3.63) is 11.6 Å². The summed E-state index contributed by atoms with van der Waals surface area (Å²) >= 11 is 0. The van der Waals surface area contributed by atoms with Gasteiger partial charge in [0.2, 0.25) is 0 Å². The van der Waals surface area contributed by atoms with E-state index in [1.165, 1.54) is 57.8 Å². The van der Waals surface area contributed by atoms with Gasteiger partial charge < -0.3 is 5.73 Å². The molecular weight excluding hydrogens is 248 g/mol. The van der Waals surface area contributed by atoms with Gasteiger partial charge in [-0.2, -0.15) is 5.10 Å². The first-order valence-electron chi connectivity index (χ1n) is 8.42. The third-order valence-electron chi connectivity index (χ3n) is 5.18. The van der Waals surface area contributed by atoms with E-state index < -0.39 is 0 Å². The van der Waals surface area contributed by atoms with Crippen molar-refractivity contribution in [1.82, 2.24) is 14.8 Å². The fourth-order valence-electron chi connectivity index (χ4n) is 3.93. The molecule has 0 aliphatic heterocycles. The van der Waals surface area contributed by atoms with Crippen LogP contribution in [0.3, 0.4) is 0 Å². The molecule has 2 atom stereocenters. The number of hydrogen-bond donors (Lipinski definition) is 1. The first kappa shape index (κ1) is 14.1. The second kappa shape index (κ2) is 6.25. The number of rotatable bonds is 2. The molecule has 2 aliphatic carbocycles. The Kier molecular flexibility index (Phi) is 4.39. The molecule has 112 valence electrons. The van der Waals surface area contributed by atoms with E-state index in [0.29, 0.717) is 11.8 Å². The highest BCUT2D eigenvalue weighted by Crippen LogP contribution is 2.34. The normalized spacial score (nSPS) is 29.3. The Labute approximate surface area is 122 Å². The lowest BCUT2D eigenvalue weighted by Crippen LogP contribution is -2.29. The molecule has 4 heteroatoms. The van der Waals surface area contributed by atoms with Crippen LogP contribution in [0.4, 0.5) is 0 Å². The van der Waals surface area contributed by atoms with Crippen molar-refractivity contribution < 1.29 is 0 Å². The zero-order valence-corrected chi connectivity index (χ0v) is 12.7. The molecule has 0 spiro atoms. The number of aryl methyl sites for hydroxylation is 1. The lowest BCUT2D eigenvalue weighted by Gasteiger charge is -2.20. The number of aromatic nitrogens is 3. The summed E-state index contributed by atoms with van der Waals surface area (Å²) in [5.74, 6) is 3.22. The van der Waals surface area contributed by atoms with Gasteiger partial charge >= 0.3 is 0 Å². The minimum absolute atomic E-state index is 0.264. The second-order valence-electron chi connectivity index (χ2n) is 6.70. The molecule has 2 unspecified atom stereocenters. The summed E-state index contributed by atoms with van der Waals surface area (Å²) in [7, 11) is 2.05. The van der Waals surface area contributed by atoms with Crippen molar-refractivity contribution in [2.75, 3.05) is 0 Å². The monoisotopic (exact) mass is 276 g/mol. The largest absolute Gasteiger partial charge is 0.327 e. The maximum atomic E-state index is 6.39. The molecule has 0 amide bonds. The quantitative estimate of drug-likeness (QED) is 0.844. The van der Waals surface area contributed by atoms with Gasteiger partial charge in [-0.25, -0.2) is 4.98 Å². The SMILES string of the molecule is Cn1nc(C2CCCCC2)nc1C1CCCCCC1N. The molecule has 2 aliphatic rings. The molecule has 0 radical (unpaired) electrons. The lowest BCUT2D eigenvalue weighted by molar-refractivity contribution is 0.427. The molecule has 3 rings (SSSR count). The highest BCUT2D eigenvalue weighted by atomic mass is 15.3. The topological polar surface area (TPSA) is 56.7 Å². The molecule has 1 aromatic rings. The van der Waals surface area contributed by atoms with Crippen LogP contribution in [0.2, 0.25) is 0 Å². The molecule has 2 N–H and O–H groups in total. The maximum absolute atomic E-state index is 6.39. The first-order chi connectivity index (χ1) is 9.75. The van der Waals surface area contributed by atoms with E-state index in [9.17, 15) is 0 Å². The zero-order valence-electron chi connectivity index (χ0n) is 12.7. The highest BCUT2D eigenvalue weighted by molar-refractivity contribution is 5.07. The third-order valence-corrected chi connectivity index (χ3v) is 5.18. The Morgan fingerprint density at radius 2 is 1.60 bits per heavy atom. The Hall–Kier alpha value is -0.900. The van der Waals surface area contributed by atoms with Gasteiger partial charge in [0.05, 0.1) is 0 Å². The Bertz CT molecular complexity index is 434. The van der Waals surface area contributed by atoms with Crippen molar-refractivity contribution in [2.45, 2.75) is 82.1 Å². The van der Waals surface area contributed by atoms with Crippen molar-refractivity contribution in [3.8, 4) is 0 Å². The van der Waals surface area contributed by atoms with E-state index in [-0.39, 0.29) is 6.04 Å². The minimum Gasteiger partial charge on any atom is -0.327 e. The van der Waals surface area contributed by atoms with Gasteiger partial charge in [0.15, 0.2) is 5.82 Å². The first-order valence-corrected chi connectivity index (χ1v) is 8.42. The van der Waals surface area contributed by atoms with Gasteiger partial charge in [-0.1, -0.05) is 38.5 Å². The highest BCUT2D eigenvalue weighted by Gasteiger charge is 2.28. The van der Waals surface area contributed by atoms with Gasteiger partial charge in [-0.15, -0.1) is 0 Å². The Morgan fingerprint density at radius 3 is 2.35 bits per heavy atom. The van der Waals surface area contributed by atoms with Gasteiger partial charge in [-0.3, -0.25) is 4.68 Å². The molecule has 0 saturated heterocycles. The smallest absolute Gasteiger partial charge is 0.154 e. The summed E-state index contributed by atoms with van der Waals surface area (Å²) < 4.78 is 2.01. The van der Waals surface area contributed by atoms with Crippen molar-refractivity contribution in [1.29, 1.82) is 0 Å². The van der Waals surface area contributed by atoms with E-state index >= 15 is 0 Å². The summed E-state index contributed by atoms with van der Waals surface area (Å²) in [6.07, 6.45) is 12.8. The predicted octanol–water partition coefficient (Wildman–Crippen LogP) is 3.24. The molecule has 20 heavy (non-hydrogen) atoms. The minimum atomic E-state index is 0.264. The number of nitrogens with two attached hydrogens (primary N) is 1. The maximum Gasteiger partial charge on any atom is 0.154 e. The van der Waals surface area contributed by atoms with Gasteiger partial charge in [-0.05, 0) is 25.7 Å². The van der Waals surface area contributed by atoms with Crippen LogP contribution >= 0.6 is 0 Å². The summed E-state index contributed by atoms with van der Waals surface area (Å²) in [6.45, 7) is 0.